The van der Waals surface area contributed by atoms with E-state index in [2.05, 4.69) is 22.6 Å². The molecule has 0 aromatic heterocycles. The number of imide groups is 1. The molecule has 2 amide bonds. The lowest BCUT2D eigenvalue weighted by Crippen LogP contribution is -2.38. The van der Waals surface area contributed by atoms with Crippen LogP contribution in [0.4, 0.5) is 4.79 Å². The summed E-state index contributed by atoms with van der Waals surface area (Å²) in [6.07, 6.45) is 2.02. The first-order chi connectivity index (χ1) is 6.79. The van der Waals surface area contributed by atoms with E-state index in [1.165, 1.54) is 0 Å². The molecule has 0 aromatic carbocycles. The summed E-state index contributed by atoms with van der Waals surface area (Å²) >= 11 is 2.11. The van der Waals surface area contributed by atoms with Crippen LogP contribution in [0.25, 0.3) is 0 Å². The first-order valence-corrected chi connectivity index (χ1v) is 5.79. The second kappa shape index (κ2) is 4.51. The van der Waals surface area contributed by atoms with Crippen LogP contribution in [0.15, 0.2) is 9.78 Å². The van der Waals surface area contributed by atoms with Gasteiger partial charge in [-0.25, -0.2) is 9.69 Å². The molecule has 84 valence electrons. The molecule has 0 atom stereocenters. The van der Waals surface area contributed by atoms with Gasteiger partial charge in [-0.15, -0.1) is 0 Å². The largest absolute Gasteiger partial charge is 0.443 e. The topological polar surface area (TPSA) is 46.6 Å². The van der Waals surface area contributed by atoms with E-state index >= 15 is 0 Å². The number of nitrogens with zero attached hydrogens (tertiary/aromatic N) is 1. The Bertz CT molecular complexity index is 317. The number of carbonyl (C=O) groups excluding carboxylic acids is 2. The highest BCUT2D eigenvalue weighted by Crippen LogP contribution is 2.22. The fourth-order valence-electron chi connectivity index (χ4n) is 1.09. The maximum atomic E-state index is 11.6. The van der Waals surface area contributed by atoms with Gasteiger partial charge >= 0.3 is 6.09 Å². The molecule has 1 heterocycles. The van der Waals surface area contributed by atoms with Crippen molar-refractivity contribution in [2.45, 2.75) is 39.2 Å². The number of hydrogen-bond donors (Lipinski definition) is 0. The van der Waals surface area contributed by atoms with E-state index in [1.54, 1.807) is 27.0 Å². The van der Waals surface area contributed by atoms with Crippen LogP contribution in [0.2, 0.25) is 0 Å². The van der Waals surface area contributed by atoms with Gasteiger partial charge in [0.2, 0.25) is 5.91 Å². The summed E-state index contributed by atoms with van der Waals surface area (Å²) in [4.78, 5) is 24.1. The number of allylic oxidation sites excluding steroid dienone is 1. The highest BCUT2D eigenvalue weighted by Gasteiger charge is 2.28. The number of ether oxygens (including phenoxy) is 1. The second-order valence-electron chi connectivity index (χ2n) is 4.32. The maximum Gasteiger partial charge on any atom is 0.421 e. The third kappa shape index (κ3) is 3.81. The summed E-state index contributed by atoms with van der Waals surface area (Å²) < 4.78 is 6.10. The number of carbonyl (C=O) groups is 2. The van der Waals surface area contributed by atoms with Gasteiger partial charge in [-0.05, 0) is 49.8 Å². The molecule has 0 bridgehead atoms. The molecule has 0 unspecified atom stereocenters. The molecule has 0 saturated carbocycles. The lowest BCUT2D eigenvalue weighted by molar-refractivity contribution is -0.128. The highest BCUT2D eigenvalue weighted by atomic mass is 127. The standard InChI is InChI=1S/C10H14INO3/c1-10(2,3)15-9(14)12-6-7(11)4-5-8(12)13/h6H,4-5H2,1-3H3. The van der Waals surface area contributed by atoms with Crippen molar-refractivity contribution in [2.75, 3.05) is 0 Å². The minimum atomic E-state index is -0.596. The molecule has 0 aromatic rings. The Labute approximate surface area is 103 Å². The zero-order valence-electron chi connectivity index (χ0n) is 9.04. The van der Waals surface area contributed by atoms with Crippen LogP contribution in [-0.2, 0) is 9.53 Å². The lowest BCUT2D eigenvalue weighted by atomic mass is 10.2. The van der Waals surface area contributed by atoms with E-state index in [1.807, 2.05) is 0 Å². The Morgan fingerprint density at radius 3 is 2.60 bits per heavy atom. The average molecular weight is 323 g/mol. The smallest absolute Gasteiger partial charge is 0.421 e. The van der Waals surface area contributed by atoms with Crippen LogP contribution in [-0.4, -0.2) is 22.5 Å². The predicted molar refractivity (Wildman–Crippen MR) is 64.4 cm³/mol. The van der Waals surface area contributed by atoms with E-state index in [9.17, 15) is 9.59 Å². The summed E-state index contributed by atoms with van der Waals surface area (Å²) in [7, 11) is 0. The molecule has 0 fully saturated rings. The van der Waals surface area contributed by atoms with Crippen molar-refractivity contribution in [3.63, 3.8) is 0 Å². The van der Waals surface area contributed by atoms with Gasteiger partial charge in [0.25, 0.3) is 0 Å². The fourth-order valence-corrected chi connectivity index (χ4v) is 1.64. The molecular weight excluding hydrogens is 309 g/mol. The molecule has 0 spiro atoms. The molecule has 4 nitrogen and oxygen atoms in total. The molecule has 1 aliphatic rings. The first kappa shape index (κ1) is 12.5. The Balaban J connectivity index is 2.74. The summed E-state index contributed by atoms with van der Waals surface area (Å²) in [6, 6.07) is 0. The zero-order valence-corrected chi connectivity index (χ0v) is 11.2. The van der Waals surface area contributed by atoms with Crippen molar-refractivity contribution in [1.82, 2.24) is 4.90 Å². The van der Waals surface area contributed by atoms with Gasteiger partial charge in [-0.1, -0.05) is 0 Å². The van der Waals surface area contributed by atoms with E-state index in [0.29, 0.717) is 12.8 Å². The summed E-state index contributed by atoms with van der Waals surface area (Å²) in [6.45, 7) is 5.32. The Kier molecular flexibility index (Phi) is 3.75. The van der Waals surface area contributed by atoms with Gasteiger partial charge in [0.05, 0.1) is 0 Å². The molecule has 1 rings (SSSR count). The van der Waals surface area contributed by atoms with Gasteiger partial charge in [0, 0.05) is 16.2 Å². The number of hydrogen-bond acceptors (Lipinski definition) is 3. The van der Waals surface area contributed by atoms with Crippen LogP contribution < -0.4 is 0 Å². The molecule has 1 aliphatic heterocycles. The van der Waals surface area contributed by atoms with E-state index in [4.69, 9.17) is 4.74 Å². The summed E-state index contributed by atoms with van der Waals surface area (Å²) in [5.74, 6) is -0.204. The van der Waals surface area contributed by atoms with Gasteiger partial charge in [-0.3, -0.25) is 4.79 Å². The average Bonchev–Trinajstić information content (AvgIpc) is 2.06. The minimum Gasteiger partial charge on any atom is -0.443 e. The number of amides is 2. The molecule has 0 saturated heterocycles. The molecule has 0 radical (unpaired) electrons. The molecular formula is C10H14INO3. The van der Waals surface area contributed by atoms with Crippen LogP contribution in [0, 0.1) is 0 Å². The fraction of sp³-hybridized carbons (Fsp3) is 0.600. The van der Waals surface area contributed by atoms with Crippen molar-refractivity contribution in [1.29, 1.82) is 0 Å². The Morgan fingerprint density at radius 1 is 1.47 bits per heavy atom. The monoisotopic (exact) mass is 323 g/mol. The molecule has 0 aliphatic carbocycles. The van der Waals surface area contributed by atoms with Crippen LogP contribution in [0.3, 0.4) is 0 Å². The van der Waals surface area contributed by atoms with Crippen LogP contribution in [0.5, 0.6) is 0 Å². The van der Waals surface area contributed by atoms with Gasteiger partial charge in [0.1, 0.15) is 5.60 Å². The third-order valence-corrected chi connectivity index (χ3v) is 2.52. The number of halogens is 1. The molecule has 0 N–H and O–H groups in total. The van der Waals surface area contributed by atoms with Crippen molar-refractivity contribution in [2.24, 2.45) is 0 Å². The zero-order chi connectivity index (χ0) is 11.6. The van der Waals surface area contributed by atoms with Crippen molar-refractivity contribution >= 4 is 34.6 Å². The Morgan fingerprint density at radius 2 is 2.07 bits per heavy atom. The molecule has 5 heteroatoms. The van der Waals surface area contributed by atoms with Crippen LogP contribution in [0.1, 0.15) is 33.6 Å². The summed E-state index contributed by atoms with van der Waals surface area (Å²) in [5, 5.41) is 0. The van der Waals surface area contributed by atoms with Crippen molar-refractivity contribution < 1.29 is 14.3 Å². The lowest BCUT2D eigenvalue weighted by Gasteiger charge is -2.26. The van der Waals surface area contributed by atoms with Crippen LogP contribution >= 0.6 is 22.6 Å². The normalized spacial score (nSPS) is 17.5. The second-order valence-corrected chi connectivity index (χ2v) is 5.71. The minimum absolute atomic E-state index is 0.204. The van der Waals surface area contributed by atoms with Gasteiger partial charge < -0.3 is 4.74 Å². The molecule has 15 heavy (non-hydrogen) atoms. The highest BCUT2D eigenvalue weighted by molar-refractivity contribution is 14.1. The quantitative estimate of drug-likeness (QED) is 0.644. The van der Waals surface area contributed by atoms with E-state index < -0.39 is 11.7 Å². The first-order valence-electron chi connectivity index (χ1n) is 4.71. The van der Waals surface area contributed by atoms with E-state index in [-0.39, 0.29) is 5.91 Å². The van der Waals surface area contributed by atoms with Gasteiger partial charge in [0.15, 0.2) is 0 Å². The van der Waals surface area contributed by atoms with E-state index in [0.717, 1.165) is 8.48 Å². The maximum absolute atomic E-state index is 11.6. The van der Waals surface area contributed by atoms with Gasteiger partial charge in [-0.2, -0.15) is 0 Å². The van der Waals surface area contributed by atoms with Crippen molar-refractivity contribution in [3.05, 3.63) is 9.78 Å². The SMILES string of the molecule is CC(C)(C)OC(=O)N1C=C(I)CCC1=O. The predicted octanol–water partition coefficient (Wildman–Crippen LogP) is 2.82. The third-order valence-electron chi connectivity index (χ3n) is 1.71. The Hall–Kier alpha value is -0.590. The van der Waals surface area contributed by atoms with Crippen molar-refractivity contribution in [3.8, 4) is 0 Å². The summed E-state index contributed by atoms with van der Waals surface area (Å²) in [5.41, 5.74) is -0.575. The number of rotatable bonds is 0.